The number of para-hydroxylation sites is 2. The Balaban J connectivity index is 1.62. The quantitative estimate of drug-likeness (QED) is 0.490. The predicted octanol–water partition coefficient (Wildman–Crippen LogP) is 2.94. The molecule has 2 aromatic rings. The van der Waals surface area contributed by atoms with Crippen molar-refractivity contribution in [3.8, 4) is 0 Å². The molecule has 1 atom stereocenters. The van der Waals surface area contributed by atoms with Gasteiger partial charge in [0.25, 0.3) is 0 Å². The maximum atomic E-state index is 9.32. The fourth-order valence-electron chi connectivity index (χ4n) is 1.95. The van der Waals surface area contributed by atoms with Crippen LogP contribution in [0.2, 0.25) is 0 Å². The molecule has 0 amide bonds. The van der Waals surface area contributed by atoms with Crippen molar-refractivity contribution in [1.82, 2.24) is 0 Å². The third-order valence-corrected chi connectivity index (χ3v) is 3.01. The van der Waals surface area contributed by atoms with Gasteiger partial charge >= 0.3 is 0 Å². The summed E-state index contributed by atoms with van der Waals surface area (Å²) >= 11 is 0. The number of hydrogen-bond donors (Lipinski definition) is 3. The zero-order valence-electron chi connectivity index (χ0n) is 12.0. The van der Waals surface area contributed by atoms with Crippen molar-refractivity contribution < 1.29 is 9.84 Å². The van der Waals surface area contributed by atoms with E-state index in [1.807, 2.05) is 60.7 Å². The van der Waals surface area contributed by atoms with Gasteiger partial charge in [0.1, 0.15) is 0 Å². The van der Waals surface area contributed by atoms with Crippen LogP contribution in [0.1, 0.15) is 6.42 Å². The van der Waals surface area contributed by atoms with Gasteiger partial charge in [0.2, 0.25) is 0 Å². The molecular weight excluding hydrogens is 264 g/mol. The molecule has 0 saturated carbocycles. The second-order valence-electron chi connectivity index (χ2n) is 4.70. The van der Waals surface area contributed by atoms with Crippen LogP contribution in [-0.2, 0) is 4.74 Å². The van der Waals surface area contributed by atoms with E-state index in [0.717, 1.165) is 24.3 Å². The Kier molecular flexibility index (Phi) is 6.58. The van der Waals surface area contributed by atoms with Crippen LogP contribution in [0.5, 0.6) is 0 Å². The van der Waals surface area contributed by atoms with E-state index in [9.17, 15) is 5.11 Å². The van der Waals surface area contributed by atoms with Gasteiger partial charge in [-0.1, -0.05) is 36.4 Å². The van der Waals surface area contributed by atoms with Crippen molar-refractivity contribution >= 4 is 11.4 Å². The Morgan fingerprint density at radius 1 is 0.905 bits per heavy atom. The minimum Gasteiger partial charge on any atom is -0.392 e. The fraction of sp³-hybridized carbons (Fsp3) is 0.294. The normalized spacial score (nSPS) is 11.9. The van der Waals surface area contributed by atoms with Crippen LogP contribution in [0.3, 0.4) is 0 Å². The lowest BCUT2D eigenvalue weighted by atomic mass is 10.3. The molecular formula is C17H22N2O2. The molecule has 0 radical (unpaired) electrons. The standard InChI is InChI=1S/C17H22N2O2/c20-14-17(19-16-10-5-2-6-11-16)21-13-7-12-18-15-8-3-1-4-9-15/h1-6,8-11,17-20H,7,12-14H2. The Labute approximate surface area is 125 Å². The SMILES string of the molecule is OCC(Nc1ccccc1)OCCCNc1ccccc1. The first-order chi connectivity index (χ1) is 10.4. The molecule has 0 aliphatic carbocycles. The molecule has 0 saturated heterocycles. The van der Waals surface area contributed by atoms with Crippen LogP contribution in [0, 0.1) is 0 Å². The Bertz CT molecular complexity index is 491. The van der Waals surface area contributed by atoms with Gasteiger partial charge in [-0.05, 0) is 30.7 Å². The molecule has 4 heteroatoms. The van der Waals surface area contributed by atoms with Crippen molar-refractivity contribution in [2.24, 2.45) is 0 Å². The van der Waals surface area contributed by atoms with Crippen LogP contribution in [0.15, 0.2) is 60.7 Å². The van der Waals surface area contributed by atoms with Gasteiger partial charge in [-0.15, -0.1) is 0 Å². The van der Waals surface area contributed by atoms with E-state index in [2.05, 4.69) is 10.6 Å². The van der Waals surface area contributed by atoms with Crippen LogP contribution in [-0.4, -0.2) is 31.1 Å². The zero-order chi connectivity index (χ0) is 14.8. The van der Waals surface area contributed by atoms with Crippen molar-refractivity contribution in [2.75, 3.05) is 30.4 Å². The second kappa shape index (κ2) is 9.00. The van der Waals surface area contributed by atoms with Crippen LogP contribution < -0.4 is 10.6 Å². The van der Waals surface area contributed by atoms with Gasteiger partial charge in [-0.2, -0.15) is 0 Å². The predicted molar refractivity (Wildman–Crippen MR) is 86.4 cm³/mol. The monoisotopic (exact) mass is 286 g/mol. The lowest BCUT2D eigenvalue weighted by Gasteiger charge is -2.18. The van der Waals surface area contributed by atoms with E-state index in [1.165, 1.54) is 0 Å². The number of benzene rings is 2. The van der Waals surface area contributed by atoms with E-state index in [1.54, 1.807) is 0 Å². The molecule has 0 aromatic heterocycles. The zero-order valence-corrected chi connectivity index (χ0v) is 12.0. The van der Waals surface area contributed by atoms with E-state index in [4.69, 9.17) is 4.74 Å². The van der Waals surface area contributed by atoms with Crippen molar-refractivity contribution in [3.63, 3.8) is 0 Å². The molecule has 4 nitrogen and oxygen atoms in total. The highest BCUT2D eigenvalue weighted by molar-refractivity contribution is 5.43. The van der Waals surface area contributed by atoms with Gasteiger partial charge in [0.05, 0.1) is 13.2 Å². The Hall–Kier alpha value is -2.04. The number of aliphatic hydroxyl groups is 1. The third kappa shape index (κ3) is 5.85. The van der Waals surface area contributed by atoms with E-state index in [-0.39, 0.29) is 12.8 Å². The summed E-state index contributed by atoms with van der Waals surface area (Å²) in [5.74, 6) is 0. The van der Waals surface area contributed by atoms with Crippen molar-refractivity contribution in [2.45, 2.75) is 12.6 Å². The average Bonchev–Trinajstić information content (AvgIpc) is 2.55. The molecule has 0 heterocycles. The smallest absolute Gasteiger partial charge is 0.151 e. The third-order valence-electron chi connectivity index (χ3n) is 3.01. The van der Waals surface area contributed by atoms with Crippen LogP contribution >= 0.6 is 0 Å². The van der Waals surface area contributed by atoms with E-state index < -0.39 is 0 Å². The number of anilines is 2. The Morgan fingerprint density at radius 2 is 1.52 bits per heavy atom. The molecule has 0 bridgehead atoms. The summed E-state index contributed by atoms with van der Waals surface area (Å²) in [7, 11) is 0. The topological polar surface area (TPSA) is 53.5 Å². The summed E-state index contributed by atoms with van der Waals surface area (Å²) in [5.41, 5.74) is 2.05. The summed E-state index contributed by atoms with van der Waals surface area (Å²) in [4.78, 5) is 0. The average molecular weight is 286 g/mol. The maximum Gasteiger partial charge on any atom is 0.151 e. The molecule has 3 N–H and O–H groups in total. The highest BCUT2D eigenvalue weighted by Gasteiger charge is 2.06. The van der Waals surface area contributed by atoms with Crippen LogP contribution in [0.4, 0.5) is 11.4 Å². The molecule has 0 aliphatic rings. The maximum absolute atomic E-state index is 9.32. The minimum absolute atomic E-state index is 0.0546. The lowest BCUT2D eigenvalue weighted by Crippen LogP contribution is -2.28. The summed E-state index contributed by atoms with van der Waals surface area (Å²) in [5, 5.41) is 15.8. The van der Waals surface area contributed by atoms with E-state index >= 15 is 0 Å². The lowest BCUT2D eigenvalue weighted by molar-refractivity contribution is 0.0307. The van der Waals surface area contributed by atoms with Crippen molar-refractivity contribution in [3.05, 3.63) is 60.7 Å². The number of hydrogen-bond acceptors (Lipinski definition) is 4. The molecule has 2 aromatic carbocycles. The highest BCUT2D eigenvalue weighted by Crippen LogP contribution is 2.08. The van der Waals surface area contributed by atoms with Crippen molar-refractivity contribution in [1.29, 1.82) is 0 Å². The molecule has 1 unspecified atom stereocenters. The number of ether oxygens (including phenoxy) is 1. The van der Waals surface area contributed by atoms with E-state index in [0.29, 0.717) is 6.61 Å². The summed E-state index contributed by atoms with van der Waals surface area (Å²) in [6, 6.07) is 19.8. The van der Waals surface area contributed by atoms with Gasteiger partial charge < -0.3 is 20.5 Å². The van der Waals surface area contributed by atoms with Crippen LogP contribution in [0.25, 0.3) is 0 Å². The first-order valence-corrected chi connectivity index (χ1v) is 7.21. The number of aliphatic hydroxyl groups excluding tert-OH is 1. The first kappa shape index (κ1) is 15.4. The first-order valence-electron chi connectivity index (χ1n) is 7.21. The second-order valence-corrected chi connectivity index (χ2v) is 4.70. The molecule has 21 heavy (non-hydrogen) atoms. The van der Waals surface area contributed by atoms with Gasteiger partial charge in [0, 0.05) is 17.9 Å². The van der Waals surface area contributed by atoms with Gasteiger partial charge in [-0.25, -0.2) is 0 Å². The molecule has 0 fully saturated rings. The number of rotatable bonds is 9. The number of nitrogens with one attached hydrogen (secondary N) is 2. The van der Waals surface area contributed by atoms with Gasteiger partial charge in [-0.3, -0.25) is 0 Å². The molecule has 112 valence electrons. The van der Waals surface area contributed by atoms with Gasteiger partial charge in [0.15, 0.2) is 6.23 Å². The summed E-state index contributed by atoms with van der Waals surface area (Å²) in [6.45, 7) is 1.37. The minimum atomic E-state index is -0.371. The molecule has 2 rings (SSSR count). The Morgan fingerprint density at radius 3 is 2.14 bits per heavy atom. The fourth-order valence-corrected chi connectivity index (χ4v) is 1.95. The highest BCUT2D eigenvalue weighted by atomic mass is 16.5. The summed E-state index contributed by atoms with van der Waals surface area (Å²) in [6.07, 6.45) is 0.506. The largest absolute Gasteiger partial charge is 0.392 e. The molecule has 0 aliphatic heterocycles. The molecule has 0 spiro atoms. The summed E-state index contributed by atoms with van der Waals surface area (Å²) < 4.78 is 5.63.